The van der Waals surface area contributed by atoms with Crippen molar-refractivity contribution in [2.75, 3.05) is 7.05 Å². The third-order valence-corrected chi connectivity index (χ3v) is 4.11. The minimum absolute atomic E-state index is 0.161. The molecule has 0 saturated heterocycles. The summed E-state index contributed by atoms with van der Waals surface area (Å²) in [6.07, 6.45) is 0. The second-order valence-electron chi connectivity index (χ2n) is 6.11. The molecule has 0 atom stereocenters. The summed E-state index contributed by atoms with van der Waals surface area (Å²) in [5.74, 6) is -0.284. The number of aromatic amines is 1. The van der Waals surface area contributed by atoms with Crippen LogP contribution in [0, 0.1) is 6.92 Å². The fourth-order valence-corrected chi connectivity index (χ4v) is 2.73. The van der Waals surface area contributed by atoms with Gasteiger partial charge in [0.1, 0.15) is 5.56 Å². The van der Waals surface area contributed by atoms with Crippen LogP contribution in [-0.4, -0.2) is 22.8 Å². The standard InChI is InChI=1S/C21H20N2O2/c1-15-8-13-19(20(24)22-15)21(25)23(2)14-16-9-11-18(12-10-16)17-6-4-3-5-7-17/h3-13H,14H2,1-2H3,(H,22,24). The molecule has 126 valence electrons. The third kappa shape index (κ3) is 3.86. The number of carbonyl (C=O) groups is 1. The molecule has 0 aliphatic carbocycles. The number of nitrogens with zero attached hydrogens (tertiary/aromatic N) is 1. The van der Waals surface area contributed by atoms with Crippen molar-refractivity contribution in [1.29, 1.82) is 0 Å². The molecule has 0 saturated carbocycles. The number of amides is 1. The van der Waals surface area contributed by atoms with E-state index in [2.05, 4.69) is 17.1 Å². The van der Waals surface area contributed by atoms with Crippen LogP contribution in [0.4, 0.5) is 0 Å². The second kappa shape index (κ2) is 7.18. The van der Waals surface area contributed by atoms with Crippen molar-refractivity contribution < 1.29 is 4.79 Å². The first kappa shape index (κ1) is 16.7. The van der Waals surface area contributed by atoms with E-state index in [9.17, 15) is 9.59 Å². The zero-order chi connectivity index (χ0) is 17.8. The van der Waals surface area contributed by atoms with Crippen LogP contribution in [0.2, 0.25) is 0 Å². The number of rotatable bonds is 4. The number of hydrogen-bond acceptors (Lipinski definition) is 2. The van der Waals surface area contributed by atoms with Crippen LogP contribution >= 0.6 is 0 Å². The van der Waals surface area contributed by atoms with Gasteiger partial charge in [-0.1, -0.05) is 54.6 Å². The smallest absolute Gasteiger partial charge is 0.260 e. The normalized spacial score (nSPS) is 10.5. The molecule has 0 radical (unpaired) electrons. The maximum atomic E-state index is 12.5. The van der Waals surface area contributed by atoms with Gasteiger partial charge in [-0.2, -0.15) is 0 Å². The molecule has 0 bridgehead atoms. The maximum Gasteiger partial charge on any atom is 0.260 e. The van der Waals surface area contributed by atoms with Crippen LogP contribution in [0.25, 0.3) is 11.1 Å². The number of H-pyrrole nitrogens is 1. The van der Waals surface area contributed by atoms with E-state index in [0.29, 0.717) is 6.54 Å². The molecule has 0 spiro atoms. The molecule has 1 heterocycles. The topological polar surface area (TPSA) is 53.2 Å². The van der Waals surface area contributed by atoms with Gasteiger partial charge in [0.05, 0.1) is 0 Å². The number of benzene rings is 2. The average Bonchev–Trinajstić information content (AvgIpc) is 2.62. The van der Waals surface area contributed by atoms with Crippen LogP contribution in [0.1, 0.15) is 21.6 Å². The van der Waals surface area contributed by atoms with E-state index in [0.717, 1.165) is 22.4 Å². The van der Waals surface area contributed by atoms with Crippen molar-refractivity contribution in [1.82, 2.24) is 9.88 Å². The molecule has 1 N–H and O–H groups in total. The summed E-state index contributed by atoms with van der Waals surface area (Å²) in [5.41, 5.74) is 3.85. The minimum atomic E-state index is -0.351. The molecule has 0 fully saturated rings. The zero-order valence-electron chi connectivity index (χ0n) is 14.3. The van der Waals surface area contributed by atoms with Crippen LogP contribution < -0.4 is 5.56 Å². The van der Waals surface area contributed by atoms with Crippen LogP contribution in [0.3, 0.4) is 0 Å². The molecule has 3 aromatic rings. The highest BCUT2D eigenvalue weighted by atomic mass is 16.2. The Morgan fingerprint density at radius 3 is 2.20 bits per heavy atom. The van der Waals surface area contributed by atoms with Gasteiger partial charge >= 0.3 is 0 Å². The van der Waals surface area contributed by atoms with Crippen molar-refractivity contribution >= 4 is 5.91 Å². The largest absolute Gasteiger partial charge is 0.337 e. The van der Waals surface area contributed by atoms with Gasteiger partial charge < -0.3 is 9.88 Å². The van der Waals surface area contributed by atoms with E-state index in [4.69, 9.17) is 0 Å². The fourth-order valence-electron chi connectivity index (χ4n) is 2.73. The summed E-state index contributed by atoms with van der Waals surface area (Å²) >= 11 is 0. The highest BCUT2D eigenvalue weighted by Gasteiger charge is 2.15. The van der Waals surface area contributed by atoms with E-state index in [1.54, 1.807) is 31.0 Å². The summed E-state index contributed by atoms with van der Waals surface area (Å²) in [7, 11) is 1.70. The number of carbonyl (C=O) groups excluding carboxylic acids is 1. The van der Waals surface area contributed by atoms with Gasteiger partial charge in [-0.3, -0.25) is 9.59 Å². The maximum absolute atomic E-state index is 12.5. The van der Waals surface area contributed by atoms with Crippen molar-refractivity contribution in [3.8, 4) is 11.1 Å². The molecule has 2 aromatic carbocycles. The van der Waals surface area contributed by atoms with Crippen molar-refractivity contribution in [3.63, 3.8) is 0 Å². The monoisotopic (exact) mass is 332 g/mol. The van der Waals surface area contributed by atoms with Crippen LogP contribution in [0.15, 0.2) is 71.5 Å². The number of aryl methyl sites for hydroxylation is 1. The highest BCUT2D eigenvalue weighted by Crippen LogP contribution is 2.19. The van der Waals surface area contributed by atoms with Gasteiger partial charge in [0.25, 0.3) is 11.5 Å². The number of pyridine rings is 1. The second-order valence-corrected chi connectivity index (χ2v) is 6.11. The predicted molar refractivity (Wildman–Crippen MR) is 99.5 cm³/mol. The molecule has 0 unspecified atom stereocenters. The van der Waals surface area contributed by atoms with Crippen LogP contribution in [-0.2, 0) is 6.54 Å². The predicted octanol–water partition coefficient (Wildman–Crippen LogP) is 3.62. The molecule has 0 aliphatic heterocycles. The Kier molecular flexibility index (Phi) is 4.80. The van der Waals surface area contributed by atoms with Gasteiger partial charge in [0.15, 0.2) is 0 Å². The molecule has 0 aliphatic rings. The van der Waals surface area contributed by atoms with Crippen LogP contribution in [0.5, 0.6) is 0 Å². The lowest BCUT2D eigenvalue weighted by molar-refractivity contribution is 0.0783. The van der Waals surface area contributed by atoms with E-state index in [1.165, 1.54) is 0 Å². The number of nitrogens with one attached hydrogen (secondary N) is 1. The van der Waals surface area contributed by atoms with Crippen molar-refractivity contribution in [2.45, 2.75) is 13.5 Å². The first-order valence-corrected chi connectivity index (χ1v) is 8.14. The summed E-state index contributed by atoms with van der Waals surface area (Å²) < 4.78 is 0. The lowest BCUT2D eigenvalue weighted by Gasteiger charge is -2.17. The highest BCUT2D eigenvalue weighted by molar-refractivity contribution is 5.93. The fraction of sp³-hybridized carbons (Fsp3) is 0.143. The Balaban J connectivity index is 1.73. The molecular formula is C21H20N2O2. The Morgan fingerprint density at radius 2 is 1.56 bits per heavy atom. The minimum Gasteiger partial charge on any atom is -0.337 e. The Hall–Kier alpha value is -3.14. The average molecular weight is 332 g/mol. The molecule has 1 amide bonds. The van der Waals surface area contributed by atoms with Gasteiger partial charge in [0, 0.05) is 19.3 Å². The van der Waals surface area contributed by atoms with Gasteiger partial charge in [-0.15, -0.1) is 0 Å². The third-order valence-electron chi connectivity index (χ3n) is 4.11. The molecule has 4 nitrogen and oxygen atoms in total. The van der Waals surface area contributed by atoms with Crippen molar-refractivity contribution in [3.05, 3.63) is 93.9 Å². The Labute approximate surface area is 146 Å². The first-order valence-electron chi connectivity index (χ1n) is 8.14. The summed E-state index contributed by atoms with van der Waals surface area (Å²) in [5, 5.41) is 0. The van der Waals surface area contributed by atoms with Gasteiger partial charge in [-0.25, -0.2) is 0 Å². The van der Waals surface area contributed by atoms with Gasteiger partial charge in [-0.05, 0) is 35.7 Å². The summed E-state index contributed by atoms with van der Waals surface area (Å²) in [6, 6.07) is 21.5. The SMILES string of the molecule is Cc1ccc(C(=O)N(C)Cc2ccc(-c3ccccc3)cc2)c(=O)[nH]1. The number of aromatic nitrogens is 1. The Bertz CT molecular complexity index is 928. The van der Waals surface area contributed by atoms with Gasteiger partial charge in [0.2, 0.25) is 0 Å². The molecular weight excluding hydrogens is 312 g/mol. The van der Waals surface area contributed by atoms with E-state index in [1.807, 2.05) is 42.5 Å². The lowest BCUT2D eigenvalue weighted by Crippen LogP contribution is -2.31. The quantitative estimate of drug-likeness (QED) is 0.793. The summed E-state index contributed by atoms with van der Waals surface area (Å²) in [4.78, 5) is 28.6. The number of hydrogen-bond donors (Lipinski definition) is 1. The first-order chi connectivity index (χ1) is 12.0. The zero-order valence-corrected chi connectivity index (χ0v) is 14.3. The van der Waals surface area contributed by atoms with E-state index in [-0.39, 0.29) is 17.0 Å². The molecule has 1 aromatic heterocycles. The molecule has 25 heavy (non-hydrogen) atoms. The lowest BCUT2D eigenvalue weighted by atomic mass is 10.0. The van der Waals surface area contributed by atoms with Crippen molar-refractivity contribution in [2.24, 2.45) is 0 Å². The molecule has 3 rings (SSSR count). The Morgan fingerprint density at radius 1 is 0.920 bits per heavy atom. The van der Waals surface area contributed by atoms with E-state index < -0.39 is 0 Å². The van der Waals surface area contributed by atoms with E-state index >= 15 is 0 Å². The summed E-state index contributed by atoms with van der Waals surface area (Å²) in [6.45, 7) is 2.23. The molecule has 4 heteroatoms.